The largest absolute Gasteiger partial charge is 0.326 e. The van der Waals surface area contributed by atoms with Crippen molar-refractivity contribution in [1.82, 2.24) is 8.61 Å². The van der Waals surface area contributed by atoms with Crippen LogP contribution in [0.5, 0.6) is 0 Å². The summed E-state index contributed by atoms with van der Waals surface area (Å²) >= 11 is 3.35. The molecule has 0 spiro atoms. The number of carbonyl (C=O) groups excluding carboxylic acids is 1. The van der Waals surface area contributed by atoms with Gasteiger partial charge in [-0.15, -0.1) is 0 Å². The molecule has 1 amide bonds. The molecule has 6 nitrogen and oxygen atoms in total. The fraction of sp³-hybridized carbons (Fsp3) is 0.500. The fourth-order valence-corrected chi connectivity index (χ4v) is 3.76. The van der Waals surface area contributed by atoms with E-state index in [2.05, 4.69) is 21.2 Å². The molecule has 0 aromatic heterocycles. The third kappa shape index (κ3) is 4.07. The zero-order valence-electron chi connectivity index (χ0n) is 12.6. The highest BCUT2D eigenvalue weighted by molar-refractivity contribution is 9.10. The number of anilines is 1. The minimum atomic E-state index is -3.38. The lowest BCUT2D eigenvalue weighted by Gasteiger charge is -2.32. The molecule has 1 N–H and O–H groups in total. The van der Waals surface area contributed by atoms with Crippen LogP contribution in [0.3, 0.4) is 0 Å². The Labute approximate surface area is 139 Å². The van der Waals surface area contributed by atoms with Crippen molar-refractivity contribution >= 4 is 37.7 Å². The van der Waals surface area contributed by atoms with Gasteiger partial charge in [-0.05, 0) is 37.1 Å². The number of halogens is 1. The Morgan fingerprint density at radius 3 is 2.27 bits per heavy atom. The molecule has 22 heavy (non-hydrogen) atoms. The lowest BCUT2D eigenvalue weighted by atomic mass is 9.97. The molecular weight excluding hydrogens is 370 g/mol. The summed E-state index contributed by atoms with van der Waals surface area (Å²) in [5.74, 6) is -0.207. The Balaban J connectivity index is 1.91. The summed E-state index contributed by atoms with van der Waals surface area (Å²) in [6.07, 6.45) is 1.07. The van der Waals surface area contributed by atoms with E-state index in [1.165, 1.54) is 22.7 Å². The van der Waals surface area contributed by atoms with Crippen molar-refractivity contribution in [2.24, 2.45) is 5.92 Å². The molecule has 8 heteroatoms. The van der Waals surface area contributed by atoms with Crippen LogP contribution < -0.4 is 5.32 Å². The summed E-state index contributed by atoms with van der Waals surface area (Å²) in [7, 11) is -0.352. The van der Waals surface area contributed by atoms with Gasteiger partial charge < -0.3 is 5.32 Å². The Kier molecular flexibility index (Phi) is 5.60. The maximum atomic E-state index is 12.2. The second-order valence-electron chi connectivity index (χ2n) is 5.46. The molecule has 0 aliphatic carbocycles. The van der Waals surface area contributed by atoms with Crippen molar-refractivity contribution < 1.29 is 13.2 Å². The third-order valence-corrected chi connectivity index (χ3v) is 6.19. The number of benzene rings is 1. The van der Waals surface area contributed by atoms with Crippen LogP contribution in [0.15, 0.2) is 28.7 Å². The standard InChI is InChI=1S/C14H20BrN3O3S/c1-17(2)22(20,21)18-9-7-11(8-10-18)14(19)16-13-5-3-12(15)4-6-13/h3-6,11H,7-10H2,1-2H3,(H,16,19). The first-order chi connectivity index (χ1) is 10.3. The average Bonchev–Trinajstić information content (AvgIpc) is 2.49. The summed E-state index contributed by atoms with van der Waals surface area (Å²) in [4.78, 5) is 12.2. The first kappa shape index (κ1) is 17.4. The minimum absolute atomic E-state index is 0.0516. The molecule has 0 bridgehead atoms. The second kappa shape index (κ2) is 7.08. The van der Waals surface area contributed by atoms with Gasteiger partial charge in [0.2, 0.25) is 5.91 Å². The van der Waals surface area contributed by atoms with E-state index in [9.17, 15) is 13.2 Å². The Morgan fingerprint density at radius 2 is 1.77 bits per heavy atom. The SMILES string of the molecule is CN(C)S(=O)(=O)N1CCC(C(=O)Nc2ccc(Br)cc2)CC1. The molecule has 2 rings (SSSR count). The van der Waals surface area contributed by atoms with Gasteiger partial charge in [-0.2, -0.15) is 17.0 Å². The molecule has 0 unspecified atom stereocenters. The molecule has 0 saturated carbocycles. The topological polar surface area (TPSA) is 69.7 Å². The van der Waals surface area contributed by atoms with E-state index in [0.29, 0.717) is 25.9 Å². The van der Waals surface area contributed by atoms with Gasteiger partial charge in [0.1, 0.15) is 0 Å². The molecule has 0 radical (unpaired) electrons. The molecule has 1 aromatic carbocycles. The number of hydrogen-bond acceptors (Lipinski definition) is 3. The molecule has 1 aromatic rings. The monoisotopic (exact) mass is 389 g/mol. The van der Waals surface area contributed by atoms with Crippen LogP contribution in [0, 0.1) is 5.92 Å². The first-order valence-electron chi connectivity index (χ1n) is 7.05. The molecule has 1 aliphatic heterocycles. The van der Waals surface area contributed by atoms with Gasteiger partial charge in [-0.1, -0.05) is 15.9 Å². The van der Waals surface area contributed by atoms with Gasteiger partial charge in [0.15, 0.2) is 0 Å². The summed E-state index contributed by atoms with van der Waals surface area (Å²) < 4.78 is 27.6. The van der Waals surface area contributed by atoms with Crippen molar-refractivity contribution in [3.8, 4) is 0 Å². The van der Waals surface area contributed by atoms with Gasteiger partial charge in [0.05, 0.1) is 0 Å². The van der Waals surface area contributed by atoms with Crippen LogP contribution in [-0.2, 0) is 15.0 Å². The Bertz CT molecular complexity index is 623. The quantitative estimate of drug-likeness (QED) is 0.854. The molecule has 1 aliphatic rings. The number of carbonyl (C=O) groups is 1. The summed E-state index contributed by atoms with van der Waals surface area (Å²) in [5.41, 5.74) is 0.747. The van der Waals surface area contributed by atoms with Gasteiger partial charge in [0, 0.05) is 43.3 Å². The lowest BCUT2D eigenvalue weighted by molar-refractivity contribution is -0.120. The third-order valence-electron chi connectivity index (χ3n) is 3.72. The highest BCUT2D eigenvalue weighted by atomic mass is 79.9. The van der Waals surface area contributed by atoms with Gasteiger partial charge >= 0.3 is 0 Å². The van der Waals surface area contributed by atoms with E-state index in [1.54, 1.807) is 0 Å². The van der Waals surface area contributed by atoms with Crippen molar-refractivity contribution in [2.75, 3.05) is 32.5 Å². The fourth-order valence-electron chi connectivity index (χ4n) is 2.36. The summed E-state index contributed by atoms with van der Waals surface area (Å²) in [5, 5.41) is 2.88. The van der Waals surface area contributed by atoms with E-state index in [0.717, 1.165) is 10.2 Å². The van der Waals surface area contributed by atoms with Gasteiger partial charge in [-0.25, -0.2) is 0 Å². The van der Waals surface area contributed by atoms with Crippen LogP contribution in [0.2, 0.25) is 0 Å². The number of nitrogens with one attached hydrogen (secondary N) is 1. The summed E-state index contributed by atoms with van der Waals surface area (Å²) in [6, 6.07) is 7.38. The molecule has 1 fully saturated rings. The van der Waals surface area contributed by atoms with Gasteiger partial charge in [-0.3, -0.25) is 4.79 Å². The maximum absolute atomic E-state index is 12.2. The molecule has 1 saturated heterocycles. The zero-order chi connectivity index (χ0) is 16.3. The average molecular weight is 390 g/mol. The van der Waals surface area contributed by atoms with Crippen LogP contribution in [-0.4, -0.2) is 50.1 Å². The number of rotatable bonds is 4. The van der Waals surface area contributed by atoms with Crippen molar-refractivity contribution in [2.45, 2.75) is 12.8 Å². The number of piperidine rings is 1. The summed E-state index contributed by atoms with van der Waals surface area (Å²) in [6.45, 7) is 0.748. The first-order valence-corrected chi connectivity index (χ1v) is 9.23. The maximum Gasteiger partial charge on any atom is 0.281 e. The minimum Gasteiger partial charge on any atom is -0.326 e. The lowest BCUT2D eigenvalue weighted by Crippen LogP contribution is -2.46. The predicted octanol–water partition coefficient (Wildman–Crippen LogP) is 1.91. The van der Waals surface area contributed by atoms with E-state index >= 15 is 0 Å². The second-order valence-corrected chi connectivity index (χ2v) is 8.52. The smallest absolute Gasteiger partial charge is 0.281 e. The molecule has 0 atom stereocenters. The van der Waals surface area contributed by atoms with Crippen LogP contribution >= 0.6 is 15.9 Å². The van der Waals surface area contributed by atoms with Crippen LogP contribution in [0.25, 0.3) is 0 Å². The highest BCUT2D eigenvalue weighted by Crippen LogP contribution is 2.22. The number of amides is 1. The molecular formula is C14H20BrN3O3S. The molecule has 122 valence electrons. The van der Waals surface area contributed by atoms with E-state index in [1.807, 2.05) is 24.3 Å². The van der Waals surface area contributed by atoms with Gasteiger partial charge in [0.25, 0.3) is 10.2 Å². The van der Waals surface area contributed by atoms with Crippen molar-refractivity contribution in [3.05, 3.63) is 28.7 Å². The number of nitrogens with zero attached hydrogens (tertiary/aromatic N) is 2. The van der Waals surface area contributed by atoms with Crippen LogP contribution in [0.1, 0.15) is 12.8 Å². The Hall–Kier alpha value is -0.960. The van der Waals surface area contributed by atoms with Crippen molar-refractivity contribution in [1.29, 1.82) is 0 Å². The van der Waals surface area contributed by atoms with E-state index < -0.39 is 10.2 Å². The zero-order valence-corrected chi connectivity index (χ0v) is 15.0. The predicted molar refractivity (Wildman–Crippen MR) is 89.7 cm³/mol. The van der Waals surface area contributed by atoms with E-state index in [-0.39, 0.29) is 11.8 Å². The molecule has 1 heterocycles. The van der Waals surface area contributed by atoms with E-state index in [4.69, 9.17) is 0 Å². The normalized spacial score (nSPS) is 17.6. The number of hydrogen-bond donors (Lipinski definition) is 1. The van der Waals surface area contributed by atoms with Crippen LogP contribution in [0.4, 0.5) is 5.69 Å². The van der Waals surface area contributed by atoms with Crippen molar-refractivity contribution in [3.63, 3.8) is 0 Å². The highest BCUT2D eigenvalue weighted by Gasteiger charge is 2.32. The Morgan fingerprint density at radius 1 is 1.23 bits per heavy atom.